The molecule has 0 aromatic carbocycles. The Morgan fingerprint density at radius 2 is 2.33 bits per heavy atom. The fraction of sp³-hybridized carbons (Fsp3) is 0.875. The molecule has 0 aliphatic rings. The van der Waals surface area contributed by atoms with Crippen LogP contribution in [0.15, 0.2) is 0 Å². The highest BCUT2D eigenvalue weighted by molar-refractivity contribution is 7.99. The van der Waals surface area contributed by atoms with Crippen molar-refractivity contribution in [2.24, 2.45) is 11.7 Å². The monoisotopic (exact) mass is 191 g/mol. The van der Waals surface area contributed by atoms with Crippen LogP contribution in [-0.4, -0.2) is 30.6 Å². The molecule has 3 nitrogen and oxygen atoms in total. The molecule has 0 aromatic rings. The Labute approximate surface area is 78.0 Å². The number of hydrogen-bond acceptors (Lipinski definition) is 4. The van der Waals surface area contributed by atoms with Crippen molar-refractivity contribution in [2.75, 3.05) is 24.7 Å². The number of esters is 1. The largest absolute Gasteiger partial charge is 0.466 e. The van der Waals surface area contributed by atoms with Crippen LogP contribution in [-0.2, 0) is 9.53 Å². The van der Waals surface area contributed by atoms with E-state index in [0.29, 0.717) is 13.2 Å². The van der Waals surface area contributed by atoms with Crippen LogP contribution >= 0.6 is 11.8 Å². The van der Waals surface area contributed by atoms with E-state index < -0.39 is 0 Å². The summed E-state index contributed by atoms with van der Waals surface area (Å²) < 4.78 is 4.85. The molecule has 1 atom stereocenters. The van der Waals surface area contributed by atoms with Gasteiger partial charge >= 0.3 is 5.97 Å². The molecule has 0 bridgehead atoms. The Morgan fingerprint density at radius 3 is 2.83 bits per heavy atom. The van der Waals surface area contributed by atoms with E-state index in [4.69, 9.17) is 10.5 Å². The predicted molar refractivity (Wildman–Crippen MR) is 52.2 cm³/mol. The third-order valence-electron chi connectivity index (χ3n) is 1.32. The van der Waals surface area contributed by atoms with Gasteiger partial charge in [0, 0.05) is 18.1 Å². The molecule has 72 valence electrons. The molecule has 0 amide bonds. The van der Waals surface area contributed by atoms with E-state index in [1.807, 2.05) is 13.8 Å². The molecule has 0 aliphatic carbocycles. The number of nitrogens with two attached hydrogens (primary N) is 1. The average molecular weight is 191 g/mol. The third kappa shape index (κ3) is 5.43. The van der Waals surface area contributed by atoms with Gasteiger partial charge in [0.25, 0.3) is 0 Å². The van der Waals surface area contributed by atoms with E-state index in [0.717, 1.165) is 11.5 Å². The highest BCUT2D eigenvalue weighted by atomic mass is 32.2. The van der Waals surface area contributed by atoms with Gasteiger partial charge in [-0.3, -0.25) is 4.79 Å². The standard InChI is InChI=1S/C8H17NO2S/c1-3-11-8(10)7(2)6-12-5-4-9/h7H,3-6,9H2,1-2H3. The second-order valence-corrected chi connectivity index (χ2v) is 3.67. The predicted octanol–water partition coefficient (Wildman–Crippen LogP) is 0.877. The van der Waals surface area contributed by atoms with Crippen molar-refractivity contribution in [1.29, 1.82) is 0 Å². The molecule has 0 aromatic heterocycles. The van der Waals surface area contributed by atoms with Crippen molar-refractivity contribution in [1.82, 2.24) is 0 Å². The van der Waals surface area contributed by atoms with Crippen LogP contribution in [0.2, 0.25) is 0 Å². The van der Waals surface area contributed by atoms with Crippen LogP contribution in [0.1, 0.15) is 13.8 Å². The summed E-state index contributed by atoms with van der Waals surface area (Å²) >= 11 is 1.69. The van der Waals surface area contributed by atoms with E-state index >= 15 is 0 Å². The first-order valence-electron chi connectivity index (χ1n) is 4.16. The van der Waals surface area contributed by atoms with Crippen molar-refractivity contribution >= 4 is 17.7 Å². The third-order valence-corrected chi connectivity index (χ3v) is 2.58. The Morgan fingerprint density at radius 1 is 1.67 bits per heavy atom. The fourth-order valence-corrected chi connectivity index (χ4v) is 1.52. The van der Waals surface area contributed by atoms with Gasteiger partial charge in [-0.15, -0.1) is 0 Å². The number of thioether (sulfide) groups is 1. The first kappa shape index (κ1) is 11.8. The summed E-state index contributed by atoms with van der Waals surface area (Å²) in [6.07, 6.45) is 0. The van der Waals surface area contributed by atoms with Gasteiger partial charge < -0.3 is 10.5 Å². The summed E-state index contributed by atoms with van der Waals surface area (Å²) in [7, 11) is 0. The summed E-state index contributed by atoms with van der Waals surface area (Å²) in [6, 6.07) is 0. The van der Waals surface area contributed by atoms with Crippen LogP contribution in [0.25, 0.3) is 0 Å². The zero-order chi connectivity index (χ0) is 9.40. The number of ether oxygens (including phenoxy) is 1. The SMILES string of the molecule is CCOC(=O)C(C)CSCCN. The van der Waals surface area contributed by atoms with E-state index in [1.54, 1.807) is 11.8 Å². The zero-order valence-electron chi connectivity index (χ0n) is 7.71. The minimum Gasteiger partial charge on any atom is -0.466 e. The molecule has 0 fully saturated rings. The van der Waals surface area contributed by atoms with E-state index in [1.165, 1.54) is 0 Å². The van der Waals surface area contributed by atoms with Gasteiger partial charge in [-0.05, 0) is 6.92 Å². The number of carbonyl (C=O) groups excluding carboxylic acids is 1. The molecule has 4 heteroatoms. The molecular weight excluding hydrogens is 174 g/mol. The molecular formula is C8H17NO2S. The Balaban J connectivity index is 3.42. The van der Waals surface area contributed by atoms with Crippen molar-refractivity contribution in [3.8, 4) is 0 Å². The maximum atomic E-state index is 11.1. The quantitative estimate of drug-likeness (QED) is 0.500. The Hall–Kier alpha value is -0.220. The lowest BCUT2D eigenvalue weighted by Gasteiger charge is -2.08. The van der Waals surface area contributed by atoms with Gasteiger partial charge in [-0.2, -0.15) is 11.8 Å². The van der Waals surface area contributed by atoms with Gasteiger partial charge in [0.15, 0.2) is 0 Å². The molecule has 1 unspecified atom stereocenters. The minimum absolute atomic E-state index is 0.0125. The summed E-state index contributed by atoms with van der Waals surface area (Å²) in [5, 5.41) is 0. The molecule has 0 rings (SSSR count). The van der Waals surface area contributed by atoms with Crippen molar-refractivity contribution in [3.63, 3.8) is 0 Å². The van der Waals surface area contributed by atoms with E-state index in [9.17, 15) is 4.79 Å². The highest BCUT2D eigenvalue weighted by Gasteiger charge is 2.12. The smallest absolute Gasteiger partial charge is 0.309 e. The molecule has 0 saturated carbocycles. The molecule has 0 heterocycles. The van der Waals surface area contributed by atoms with Gasteiger partial charge in [0.05, 0.1) is 12.5 Å². The number of rotatable bonds is 6. The van der Waals surface area contributed by atoms with E-state index in [2.05, 4.69) is 0 Å². The molecule has 0 saturated heterocycles. The second kappa shape index (κ2) is 7.43. The summed E-state index contributed by atoms with van der Waals surface area (Å²) in [5.41, 5.74) is 5.31. The van der Waals surface area contributed by atoms with Crippen LogP contribution < -0.4 is 5.73 Å². The van der Waals surface area contributed by atoms with Gasteiger partial charge in [0.2, 0.25) is 0 Å². The lowest BCUT2D eigenvalue weighted by molar-refractivity contribution is -0.146. The Bertz CT molecular complexity index is 130. The molecule has 0 aliphatic heterocycles. The minimum atomic E-state index is -0.109. The lowest BCUT2D eigenvalue weighted by Crippen LogP contribution is -2.17. The number of carbonyl (C=O) groups is 1. The summed E-state index contributed by atoms with van der Waals surface area (Å²) in [5.74, 6) is 1.59. The number of hydrogen-bond donors (Lipinski definition) is 1. The van der Waals surface area contributed by atoms with Gasteiger partial charge in [0.1, 0.15) is 0 Å². The topological polar surface area (TPSA) is 52.3 Å². The zero-order valence-corrected chi connectivity index (χ0v) is 8.52. The van der Waals surface area contributed by atoms with Crippen LogP contribution in [0.3, 0.4) is 0 Å². The summed E-state index contributed by atoms with van der Waals surface area (Å²) in [6.45, 7) is 4.82. The fourth-order valence-electron chi connectivity index (χ4n) is 0.696. The van der Waals surface area contributed by atoms with Crippen LogP contribution in [0, 0.1) is 5.92 Å². The molecule has 2 N–H and O–H groups in total. The van der Waals surface area contributed by atoms with Gasteiger partial charge in [-0.25, -0.2) is 0 Å². The molecule has 0 spiro atoms. The first-order valence-corrected chi connectivity index (χ1v) is 5.32. The van der Waals surface area contributed by atoms with Crippen molar-refractivity contribution in [2.45, 2.75) is 13.8 Å². The normalized spacial score (nSPS) is 12.6. The van der Waals surface area contributed by atoms with Crippen molar-refractivity contribution < 1.29 is 9.53 Å². The maximum Gasteiger partial charge on any atom is 0.309 e. The molecule has 0 radical (unpaired) electrons. The second-order valence-electron chi connectivity index (χ2n) is 2.52. The lowest BCUT2D eigenvalue weighted by atomic mass is 10.2. The van der Waals surface area contributed by atoms with E-state index in [-0.39, 0.29) is 11.9 Å². The van der Waals surface area contributed by atoms with Crippen LogP contribution in [0.4, 0.5) is 0 Å². The van der Waals surface area contributed by atoms with Crippen LogP contribution in [0.5, 0.6) is 0 Å². The average Bonchev–Trinajstić information content (AvgIpc) is 2.05. The van der Waals surface area contributed by atoms with Crippen molar-refractivity contribution in [3.05, 3.63) is 0 Å². The summed E-state index contributed by atoms with van der Waals surface area (Å²) in [4.78, 5) is 11.1. The molecule has 12 heavy (non-hydrogen) atoms. The van der Waals surface area contributed by atoms with Gasteiger partial charge in [-0.1, -0.05) is 6.92 Å². The maximum absolute atomic E-state index is 11.1. The highest BCUT2D eigenvalue weighted by Crippen LogP contribution is 2.08. The Kier molecular flexibility index (Phi) is 7.29. The first-order chi connectivity index (χ1) is 5.72.